The lowest BCUT2D eigenvalue weighted by molar-refractivity contribution is 0.262. The summed E-state index contributed by atoms with van der Waals surface area (Å²) in [4.78, 5) is 4.35. The van der Waals surface area contributed by atoms with Crippen LogP contribution in [0.1, 0.15) is 0 Å². The van der Waals surface area contributed by atoms with E-state index >= 15 is 0 Å². The largest absolute Gasteiger partial charge is 0.495 e. The molecule has 0 saturated carbocycles. The summed E-state index contributed by atoms with van der Waals surface area (Å²) in [5.74, 6) is -0.492. The molecule has 2 aromatic carbocycles. The summed E-state index contributed by atoms with van der Waals surface area (Å²) < 4.78 is 45.9. The summed E-state index contributed by atoms with van der Waals surface area (Å²) >= 11 is 0. The van der Waals surface area contributed by atoms with Crippen LogP contribution < -0.4 is 14.4 Å². The minimum atomic E-state index is -3.83. The van der Waals surface area contributed by atoms with Crippen molar-refractivity contribution >= 4 is 15.7 Å². The Morgan fingerprint density at radius 3 is 2.44 bits per heavy atom. The fourth-order valence-electron chi connectivity index (χ4n) is 3.14. The van der Waals surface area contributed by atoms with Crippen LogP contribution >= 0.6 is 0 Å². The first-order valence-corrected chi connectivity index (χ1v) is 10.3. The van der Waals surface area contributed by atoms with Gasteiger partial charge in [-0.1, -0.05) is 18.2 Å². The number of hydrogen-bond acceptors (Lipinski definition) is 5. The third kappa shape index (κ3) is 4.97. The van der Waals surface area contributed by atoms with E-state index < -0.39 is 15.8 Å². The molecule has 1 heterocycles. The molecule has 1 saturated heterocycles. The number of sulfonamides is 1. The van der Waals surface area contributed by atoms with Gasteiger partial charge in [0, 0.05) is 45.0 Å². The average Bonchev–Trinajstić information content (AvgIpc) is 2.69. The SMILES string of the molecule is COc1ccc(F)cc1S(=O)(=O)NCCN1CCN(c2ccccc2)CC1. The maximum Gasteiger partial charge on any atom is 0.244 e. The van der Waals surface area contributed by atoms with Crippen LogP contribution in [0.25, 0.3) is 0 Å². The molecule has 6 nitrogen and oxygen atoms in total. The Hall–Kier alpha value is -2.16. The fraction of sp³-hybridized carbons (Fsp3) is 0.368. The molecule has 0 amide bonds. The summed E-state index contributed by atoms with van der Waals surface area (Å²) in [5.41, 5.74) is 1.20. The molecule has 27 heavy (non-hydrogen) atoms. The van der Waals surface area contributed by atoms with Crippen LogP contribution in [0, 0.1) is 5.82 Å². The van der Waals surface area contributed by atoms with Crippen molar-refractivity contribution < 1.29 is 17.5 Å². The number of ether oxygens (including phenoxy) is 1. The van der Waals surface area contributed by atoms with Crippen LogP contribution in [-0.2, 0) is 10.0 Å². The predicted molar refractivity (Wildman–Crippen MR) is 103 cm³/mol. The Kier molecular flexibility index (Phi) is 6.30. The topological polar surface area (TPSA) is 61.9 Å². The molecule has 146 valence electrons. The molecule has 0 bridgehead atoms. The van der Waals surface area contributed by atoms with E-state index in [2.05, 4.69) is 26.7 Å². The molecule has 0 radical (unpaired) electrons. The maximum atomic E-state index is 13.4. The molecule has 0 unspecified atom stereocenters. The van der Waals surface area contributed by atoms with Crippen molar-refractivity contribution in [2.75, 3.05) is 51.3 Å². The van der Waals surface area contributed by atoms with Crippen molar-refractivity contribution in [3.63, 3.8) is 0 Å². The summed E-state index contributed by atoms with van der Waals surface area (Å²) in [6.07, 6.45) is 0. The summed E-state index contributed by atoms with van der Waals surface area (Å²) in [6.45, 7) is 4.37. The molecule has 8 heteroatoms. The van der Waals surface area contributed by atoms with Gasteiger partial charge in [-0.3, -0.25) is 4.90 Å². The van der Waals surface area contributed by atoms with E-state index in [1.54, 1.807) is 0 Å². The quantitative estimate of drug-likeness (QED) is 0.779. The molecule has 1 aliphatic heterocycles. The molecule has 2 aromatic rings. The highest BCUT2D eigenvalue weighted by Gasteiger charge is 2.21. The Balaban J connectivity index is 1.51. The smallest absolute Gasteiger partial charge is 0.244 e. The van der Waals surface area contributed by atoms with Crippen molar-refractivity contribution in [2.24, 2.45) is 0 Å². The van der Waals surface area contributed by atoms with Gasteiger partial charge >= 0.3 is 0 Å². The van der Waals surface area contributed by atoms with E-state index in [1.165, 1.54) is 24.9 Å². The van der Waals surface area contributed by atoms with Gasteiger partial charge in [0.15, 0.2) is 0 Å². The number of benzene rings is 2. The van der Waals surface area contributed by atoms with E-state index in [0.717, 1.165) is 32.2 Å². The van der Waals surface area contributed by atoms with E-state index in [0.29, 0.717) is 6.54 Å². The number of methoxy groups -OCH3 is 1. The predicted octanol–water partition coefficient (Wildman–Crippen LogP) is 1.93. The lowest BCUT2D eigenvalue weighted by atomic mass is 10.2. The Labute approximate surface area is 159 Å². The van der Waals surface area contributed by atoms with Crippen LogP contribution in [0.5, 0.6) is 5.75 Å². The standard InChI is InChI=1S/C19H24FN3O3S/c1-26-18-8-7-16(20)15-19(18)27(24,25)21-9-10-22-11-13-23(14-12-22)17-5-3-2-4-6-17/h2-8,15,21H,9-14H2,1H3. The third-order valence-corrected chi connectivity index (χ3v) is 6.11. The fourth-order valence-corrected chi connectivity index (χ4v) is 4.34. The first kappa shape index (κ1) is 19.6. The van der Waals surface area contributed by atoms with Gasteiger partial charge in [-0.15, -0.1) is 0 Å². The minimum absolute atomic E-state index is 0.125. The second-order valence-corrected chi connectivity index (χ2v) is 8.09. The lowest BCUT2D eigenvalue weighted by Gasteiger charge is -2.36. The first-order chi connectivity index (χ1) is 13.0. The summed E-state index contributed by atoms with van der Waals surface area (Å²) in [7, 11) is -2.47. The number of rotatable bonds is 7. The highest BCUT2D eigenvalue weighted by molar-refractivity contribution is 7.89. The molecule has 0 spiro atoms. The van der Waals surface area contributed by atoms with Gasteiger partial charge in [-0.25, -0.2) is 17.5 Å². The van der Waals surface area contributed by atoms with Gasteiger partial charge in [0.2, 0.25) is 10.0 Å². The normalized spacial score (nSPS) is 15.7. The van der Waals surface area contributed by atoms with Crippen molar-refractivity contribution in [3.05, 3.63) is 54.3 Å². The number of para-hydroxylation sites is 1. The lowest BCUT2D eigenvalue weighted by Crippen LogP contribution is -2.48. The van der Waals surface area contributed by atoms with E-state index in [4.69, 9.17) is 4.74 Å². The van der Waals surface area contributed by atoms with E-state index in [9.17, 15) is 12.8 Å². The summed E-state index contributed by atoms with van der Waals surface area (Å²) in [5, 5.41) is 0. The molecule has 0 aliphatic carbocycles. The van der Waals surface area contributed by atoms with E-state index in [-0.39, 0.29) is 17.2 Å². The van der Waals surface area contributed by atoms with Crippen molar-refractivity contribution in [2.45, 2.75) is 4.90 Å². The van der Waals surface area contributed by atoms with Crippen LogP contribution in [0.4, 0.5) is 10.1 Å². The number of hydrogen-bond donors (Lipinski definition) is 1. The van der Waals surface area contributed by atoms with Gasteiger partial charge in [0.05, 0.1) is 7.11 Å². The zero-order valence-electron chi connectivity index (χ0n) is 15.3. The minimum Gasteiger partial charge on any atom is -0.495 e. The average molecular weight is 393 g/mol. The zero-order valence-corrected chi connectivity index (χ0v) is 16.1. The molecule has 0 atom stereocenters. The molecule has 0 aromatic heterocycles. The van der Waals surface area contributed by atoms with Gasteiger partial charge < -0.3 is 9.64 Å². The molecule has 1 N–H and O–H groups in total. The van der Waals surface area contributed by atoms with Crippen LogP contribution in [0.2, 0.25) is 0 Å². The number of halogens is 1. The zero-order chi connectivity index (χ0) is 19.3. The third-order valence-electron chi connectivity index (χ3n) is 4.63. The molecular formula is C19H24FN3O3S. The van der Waals surface area contributed by atoms with E-state index in [1.807, 2.05) is 18.2 Å². The highest BCUT2D eigenvalue weighted by atomic mass is 32.2. The van der Waals surface area contributed by atoms with Gasteiger partial charge in [-0.05, 0) is 30.3 Å². The van der Waals surface area contributed by atoms with Crippen molar-refractivity contribution in [1.29, 1.82) is 0 Å². The number of nitrogens with zero attached hydrogens (tertiary/aromatic N) is 2. The number of piperazine rings is 1. The number of anilines is 1. The molecular weight excluding hydrogens is 369 g/mol. The molecule has 1 fully saturated rings. The summed E-state index contributed by atoms with van der Waals surface area (Å²) in [6, 6.07) is 13.7. The highest BCUT2D eigenvalue weighted by Crippen LogP contribution is 2.24. The molecule has 1 aliphatic rings. The van der Waals surface area contributed by atoms with Gasteiger partial charge in [-0.2, -0.15) is 0 Å². The first-order valence-electron chi connectivity index (χ1n) is 8.85. The monoisotopic (exact) mass is 393 g/mol. The van der Waals surface area contributed by atoms with Crippen molar-refractivity contribution in [1.82, 2.24) is 9.62 Å². The second kappa shape index (κ2) is 8.69. The van der Waals surface area contributed by atoms with Crippen molar-refractivity contribution in [3.8, 4) is 5.75 Å². The van der Waals surface area contributed by atoms with Crippen LogP contribution in [-0.4, -0.2) is 59.7 Å². The maximum absolute atomic E-state index is 13.4. The Bertz CT molecular complexity index is 854. The van der Waals surface area contributed by atoms with Gasteiger partial charge in [0.1, 0.15) is 16.5 Å². The Morgan fingerprint density at radius 1 is 1.07 bits per heavy atom. The van der Waals surface area contributed by atoms with Crippen LogP contribution in [0.3, 0.4) is 0 Å². The Morgan fingerprint density at radius 2 is 1.78 bits per heavy atom. The van der Waals surface area contributed by atoms with Crippen LogP contribution in [0.15, 0.2) is 53.4 Å². The number of nitrogens with one attached hydrogen (secondary N) is 1. The second-order valence-electron chi connectivity index (χ2n) is 6.36. The molecule has 3 rings (SSSR count). The van der Waals surface area contributed by atoms with Gasteiger partial charge in [0.25, 0.3) is 0 Å².